The lowest BCUT2D eigenvalue weighted by molar-refractivity contribution is -0.113. The summed E-state index contributed by atoms with van der Waals surface area (Å²) in [5, 5.41) is 9.79. The normalized spacial score (nSPS) is 10.9. The fourth-order valence-electron chi connectivity index (χ4n) is 1.19. The summed E-state index contributed by atoms with van der Waals surface area (Å²) in [5.41, 5.74) is 7.31. The number of phenols is 1. The molecule has 80 valence electrons. The van der Waals surface area contributed by atoms with E-state index in [0.717, 1.165) is 15.6 Å². The van der Waals surface area contributed by atoms with Crippen LogP contribution < -0.4 is 5.73 Å². The van der Waals surface area contributed by atoms with E-state index < -0.39 is 5.91 Å². The van der Waals surface area contributed by atoms with E-state index >= 15 is 0 Å². The van der Waals surface area contributed by atoms with Crippen LogP contribution in [0.2, 0.25) is 0 Å². The molecule has 3 N–H and O–H groups in total. The third-order valence-corrected chi connectivity index (χ3v) is 3.08. The van der Waals surface area contributed by atoms with Crippen LogP contribution in [0.5, 0.6) is 5.75 Å². The molecule has 0 aliphatic rings. The highest BCUT2D eigenvalue weighted by Gasteiger charge is 2.08. The number of benzene rings is 1. The number of amides is 1. The Hall–Kier alpha value is -1.29. The second kappa shape index (κ2) is 4.49. The van der Waals surface area contributed by atoms with Gasteiger partial charge in [0.05, 0.1) is 0 Å². The van der Waals surface area contributed by atoms with Crippen LogP contribution in [0.3, 0.4) is 0 Å². The molecule has 1 amide bonds. The Bertz CT molecular complexity index is 439. The summed E-state index contributed by atoms with van der Waals surface area (Å²) in [4.78, 5) is 10.6. The molecule has 15 heavy (non-hydrogen) atoms. The van der Waals surface area contributed by atoms with Crippen LogP contribution in [0.25, 0.3) is 6.08 Å². The predicted octanol–water partition coefficient (Wildman–Crippen LogP) is 2.27. The van der Waals surface area contributed by atoms with Crippen LogP contribution >= 0.6 is 15.9 Å². The summed E-state index contributed by atoms with van der Waals surface area (Å²) in [6, 6.07) is 1.75. The van der Waals surface area contributed by atoms with Gasteiger partial charge >= 0.3 is 0 Å². The minimum Gasteiger partial charge on any atom is -0.507 e. The smallest absolute Gasteiger partial charge is 0.241 e. The molecule has 1 aromatic carbocycles. The quantitative estimate of drug-likeness (QED) is 0.810. The first-order valence-corrected chi connectivity index (χ1v) is 5.19. The van der Waals surface area contributed by atoms with E-state index in [1.54, 1.807) is 6.07 Å². The van der Waals surface area contributed by atoms with E-state index in [2.05, 4.69) is 15.9 Å². The molecule has 0 radical (unpaired) electrons. The Kier molecular flexibility index (Phi) is 3.52. The van der Waals surface area contributed by atoms with Crippen molar-refractivity contribution in [2.45, 2.75) is 13.8 Å². The molecule has 0 bridgehead atoms. The summed E-state index contributed by atoms with van der Waals surface area (Å²) in [5.74, 6) is -0.364. The lowest BCUT2D eigenvalue weighted by Gasteiger charge is -2.08. The molecule has 0 spiro atoms. The zero-order valence-corrected chi connectivity index (χ0v) is 10.1. The van der Waals surface area contributed by atoms with Gasteiger partial charge in [0.1, 0.15) is 5.75 Å². The van der Waals surface area contributed by atoms with E-state index in [4.69, 9.17) is 5.73 Å². The lowest BCUT2D eigenvalue weighted by Crippen LogP contribution is -2.05. The standard InChI is InChI=1S/C11H12BrNO2/c1-6-7(2)11(15)8(5-9(6)12)3-4-10(13)14/h3-5,15H,1-2H3,(H2,13,14)/b4-3-. The van der Waals surface area contributed by atoms with Gasteiger partial charge in [-0.2, -0.15) is 0 Å². The molecule has 0 aliphatic heterocycles. The topological polar surface area (TPSA) is 63.3 Å². The van der Waals surface area contributed by atoms with Crippen molar-refractivity contribution in [3.8, 4) is 5.75 Å². The number of nitrogens with two attached hydrogens (primary N) is 1. The average Bonchev–Trinajstić information content (AvgIpc) is 2.18. The SMILES string of the molecule is Cc1c(Br)cc(/C=C\C(N)=O)c(O)c1C. The molecule has 4 heteroatoms. The second-order valence-electron chi connectivity index (χ2n) is 3.28. The molecule has 0 unspecified atom stereocenters. The van der Waals surface area contributed by atoms with E-state index in [-0.39, 0.29) is 5.75 Å². The van der Waals surface area contributed by atoms with Crippen LogP contribution in [0.1, 0.15) is 16.7 Å². The van der Waals surface area contributed by atoms with Gasteiger partial charge in [0.2, 0.25) is 5.91 Å². The van der Waals surface area contributed by atoms with Crippen LogP contribution in [0.15, 0.2) is 16.6 Å². The molecule has 0 fully saturated rings. The number of halogens is 1. The maximum absolute atomic E-state index is 10.6. The zero-order valence-electron chi connectivity index (χ0n) is 8.54. The van der Waals surface area contributed by atoms with Gasteiger partial charge in [-0.1, -0.05) is 15.9 Å². The largest absolute Gasteiger partial charge is 0.507 e. The molecular weight excluding hydrogens is 258 g/mol. The molecule has 0 saturated heterocycles. The van der Waals surface area contributed by atoms with Gasteiger partial charge in [-0.3, -0.25) is 4.79 Å². The number of carbonyl (C=O) groups is 1. The minimum atomic E-state index is -0.538. The molecular formula is C11H12BrNO2. The number of hydrogen-bond acceptors (Lipinski definition) is 2. The second-order valence-corrected chi connectivity index (χ2v) is 4.14. The summed E-state index contributed by atoms with van der Waals surface area (Å²) < 4.78 is 0.891. The molecule has 0 aliphatic carbocycles. The highest BCUT2D eigenvalue weighted by Crippen LogP contribution is 2.31. The molecule has 0 aromatic heterocycles. The van der Waals surface area contributed by atoms with Crippen molar-refractivity contribution in [3.63, 3.8) is 0 Å². The number of phenolic OH excluding ortho intramolecular Hbond substituents is 1. The fraction of sp³-hybridized carbons (Fsp3) is 0.182. The molecule has 0 heterocycles. The van der Waals surface area contributed by atoms with Crippen molar-refractivity contribution in [1.82, 2.24) is 0 Å². The fourth-order valence-corrected chi connectivity index (χ4v) is 1.73. The van der Waals surface area contributed by atoms with E-state index in [1.807, 2.05) is 13.8 Å². The van der Waals surface area contributed by atoms with Gasteiger partial charge in [0.25, 0.3) is 0 Å². The number of carbonyl (C=O) groups excluding carboxylic acids is 1. The van der Waals surface area contributed by atoms with Gasteiger partial charge in [0.15, 0.2) is 0 Å². The minimum absolute atomic E-state index is 0.174. The van der Waals surface area contributed by atoms with Crippen LogP contribution in [0.4, 0.5) is 0 Å². The molecule has 0 atom stereocenters. The number of primary amides is 1. The third-order valence-electron chi connectivity index (χ3n) is 2.26. The lowest BCUT2D eigenvalue weighted by atomic mass is 10.0. The van der Waals surface area contributed by atoms with Gasteiger partial charge in [-0.15, -0.1) is 0 Å². The van der Waals surface area contributed by atoms with Gasteiger partial charge in [0, 0.05) is 16.1 Å². The molecule has 3 nitrogen and oxygen atoms in total. The van der Waals surface area contributed by atoms with Crippen molar-refractivity contribution in [3.05, 3.63) is 33.3 Å². The first-order chi connectivity index (χ1) is 6.93. The summed E-state index contributed by atoms with van der Waals surface area (Å²) in [6.07, 6.45) is 2.71. The van der Waals surface area contributed by atoms with Crippen molar-refractivity contribution in [2.75, 3.05) is 0 Å². The van der Waals surface area contributed by atoms with E-state index in [0.29, 0.717) is 5.56 Å². The Morgan fingerprint density at radius 3 is 2.60 bits per heavy atom. The maximum Gasteiger partial charge on any atom is 0.241 e. The van der Waals surface area contributed by atoms with Crippen molar-refractivity contribution < 1.29 is 9.90 Å². The van der Waals surface area contributed by atoms with Gasteiger partial charge in [-0.25, -0.2) is 0 Å². The predicted molar refractivity (Wildman–Crippen MR) is 63.5 cm³/mol. The first-order valence-electron chi connectivity index (χ1n) is 4.39. The molecule has 1 rings (SSSR count). The number of aromatic hydroxyl groups is 1. The van der Waals surface area contributed by atoms with E-state index in [1.165, 1.54) is 12.2 Å². The Balaban J connectivity index is 3.26. The first kappa shape index (κ1) is 11.8. The average molecular weight is 270 g/mol. The molecule has 0 saturated carbocycles. The van der Waals surface area contributed by atoms with Crippen molar-refractivity contribution >= 4 is 27.9 Å². The Labute approximate surface area is 96.7 Å². The third kappa shape index (κ3) is 2.59. The number of hydrogen-bond donors (Lipinski definition) is 2. The van der Waals surface area contributed by atoms with E-state index in [9.17, 15) is 9.90 Å². The van der Waals surface area contributed by atoms with Crippen LogP contribution in [-0.2, 0) is 4.79 Å². The Morgan fingerprint density at radius 1 is 1.47 bits per heavy atom. The van der Waals surface area contributed by atoms with Crippen molar-refractivity contribution in [1.29, 1.82) is 0 Å². The zero-order chi connectivity index (χ0) is 11.6. The maximum atomic E-state index is 10.6. The summed E-state index contributed by atoms with van der Waals surface area (Å²) in [6.45, 7) is 3.72. The Morgan fingerprint density at radius 2 is 2.07 bits per heavy atom. The summed E-state index contributed by atoms with van der Waals surface area (Å²) in [7, 11) is 0. The molecule has 1 aromatic rings. The summed E-state index contributed by atoms with van der Waals surface area (Å²) >= 11 is 3.38. The highest BCUT2D eigenvalue weighted by molar-refractivity contribution is 9.10. The van der Waals surface area contributed by atoms with Gasteiger partial charge < -0.3 is 10.8 Å². The van der Waals surface area contributed by atoms with Crippen molar-refractivity contribution in [2.24, 2.45) is 5.73 Å². The van der Waals surface area contributed by atoms with Gasteiger partial charge in [-0.05, 0) is 37.1 Å². The van der Waals surface area contributed by atoms with Crippen LogP contribution in [0, 0.1) is 13.8 Å². The monoisotopic (exact) mass is 269 g/mol. The highest BCUT2D eigenvalue weighted by atomic mass is 79.9. The number of rotatable bonds is 2. The van der Waals surface area contributed by atoms with Crippen LogP contribution in [-0.4, -0.2) is 11.0 Å².